The van der Waals surface area contributed by atoms with E-state index in [1.54, 1.807) is 18.5 Å². The van der Waals surface area contributed by atoms with Gasteiger partial charge in [-0.05, 0) is 26.0 Å². The van der Waals surface area contributed by atoms with Crippen molar-refractivity contribution in [3.05, 3.63) is 53.2 Å². The minimum Gasteiger partial charge on any atom is -0.466 e. The number of hydrogen-bond acceptors (Lipinski definition) is 4. The summed E-state index contributed by atoms with van der Waals surface area (Å²) in [5.74, 6) is 1.43. The first-order valence-corrected chi connectivity index (χ1v) is 7.03. The van der Waals surface area contributed by atoms with Gasteiger partial charge in [0.2, 0.25) is 0 Å². The first-order chi connectivity index (χ1) is 10.1. The molecular formula is C16H18N2O3. The van der Waals surface area contributed by atoms with Crippen LogP contribution in [0.2, 0.25) is 0 Å². The molecule has 1 amide bonds. The smallest absolute Gasteiger partial charge is 0.257 e. The number of carbonyl (C=O) groups is 1. The molecule has 5 nitrogen and oxygen atoms in total. The van der Waals surface area contributed by atoms with E-state index in [2.05, 4.69) is 4.98 Å². The van der Waals surface area contributed by atoms with E-state index in [1.807, 2.05) is 30.9 Å². The van der Waals surface area contributed by atoms with Gasteiger partial charge in [-0.1, -0.05) is 6.07 Å². The Bertz CT molecular complexity index is 636. The third kappa shape index (κ3) is 2.83. The van der Waals surface area contributed by atoms with E-state index >= 15 is 0 Å². The summed E-state index contributed by atoms with van der Waals surface area (Å²) in [4.78, 5) is 18.5. The van der Waals surface area contributed by atoms with Crippen LogP contribution in [0.5, 0.6) is 0 Å². The first-order valence-electron chi connectivity index (χ1n) is 7.03. The van der Waals surface area contributed by atoms with Gasteiger partial charge in [-0.3, -0.25) is 9.78 Å². The molecular weight excluding hydrogens is 268 g/mol. The Morgan fingerprint density at radius 1 is 1.43 bits per heavy atom. The molecule has 0 aromatic carbocycles. The average molecular weight is 286 g/mol. The minimum absolute atomic E-state index is 0.00143. The van der Waals surface area contributed by atoms with Crippen LogP contribution in [0.15, 0.2) is 35.0 Å². The van der Waals surface area contributed by atoms with Crippen LogP contribution in [0.4, 0.5) is 0 Å². The van der Waals surface area contributed by atoms with Crippen LogP contribution in [0.25, 0.3) is 0 Å². The number of ether oxygens (including phenoxy) is 1. The summed E-state index contributed by atoms with van der Waals surface area (Å²) in [5.41, 5.74) is 1.63. The van der Waals surface area contributed by atoms with Crippen molar-refractivity contribution in [1.29, 1.82) is 0 Å². The van der Waals surface area contributed by atoms with E-state index in [1.165, 1.54) is 0 Å². The zero-order chi connectivity index (χ0) is 14.8. The van der Waals surface area contributed by atoms with Crippen molar-refractivity contribution in [1.82, 2.24) is 9.88 Å². The number of nitrogens with zero attached hydrogens (tertiary/aromatic N) is 2. The number of aromatic nitrogens is 1. The summed E-state index contributed by atoms with van der Waals surface area (Å²) < 4.78 is 11.2. The van der Waals surface area contributed by atoms with Crippen molar-refractivity contribution in [2.45, 2.75) is 20.0 Å². The van der Waals surface area contributed by atoms with Crippen LogP contribution in [-0.2, 0) is 4.74 Å². The summed E-state index contributed by atoms with van der Waals surface area (Å²) in [6.45, 7) is 5.33. The summed E-state index contributed by atoms with van der Waals surface area (Å²) in [7, 11) is 0. The second-order valence-corrected chi connectivity index (χ2v) is 5.22. The van der Waals surface area contributed by atoms with Gasteiger partial charge in [0.1, 0.15) is 17.6 Å². The van der Waals surface area contributed by atoms with Gasteiger partial charge >= 0.3 is 0 Å². The van der Waals surface area contributed by atoms with Crippen LogP contribution in [0, 0.1) is 13.8 Å². The SMILES string of the molecule is Cc1cc(C(=O)N2CCO[C@@H](c3cccnc3)C2)c(C)o1. The van der Waals surface area contributed by atoms with Crippen LogP contribution >= 0.6 is 0 Å². The fraction of sp³-hybridized carbons (Fsp3) is 0.375. The number of amides is 1. The van der Waals surface area contributed by atoms with Crippen molar-refractivity contribution >= 4 is 5.91 Å². The fourth-order valence-corrected chi connectivity index (χ4v) is 2.62. The number of morpholine rings is 1. The maximum Gasteiger partial charge on any atom is 0.257 e. The fourth-order valence-electron chi connectivity index (χ4n) is 2.62. The Labute approximate surface area is 123 Å². The molecule has 0 spiro atoms. The predicted octanol–water partition coefficient (Wildman–Crippen LogP) is 2.51. The van der Waals surface area contributed by atoms with E-state index in [-0.39, 0.29) is 12.0 Å². The quantitative estimate of drug-likeness (QED) is 0.851. The molecule has 0 unspecified atom stereocenters. The molecule has 0 bridgehead atoms. The maximum absolute atomic E-state index is 12.6. The molecule has 0 N–H and O–H groups in total. The van der Waals surface area contributed by atoms with E-state index < -0.39 is 0 Å². The molecule has 3 heterocycles. The molecule has 1 aliphatic rings. The van der Waals surface area contributed by atoms with Gasteiger partial charge in [-0.25, -0.2) is 0 Å². The highest BCUT2D eigenvalue weighted by Gasteiger charge is 2.28. The van der Waals surface area contributed by atoms with E-state index in [9.17, 15) is 4.79 Å². The lowest BCUT2D eigenvalue weighted by Crippen LogP contribution is -2.42. The topological polar surface area (TPSA) is 55.6 Å². The standard InChI is InChI=1S/C16H18N2O3/c1-11-8-14(12(2)21-11)16(19)18-6-7-20-15(10-18)13-4-3-5-17-9-13/h3-5,8-9,15H,6-7,10H2,1-2H3/t15-/m1/s1. The summed E-state index contributed by atoms with van der Waals surface area (Å²) in [6.07, 6.45) is 3.39. The molecule has 5 heteroatoms. The Balaban J connectivity index is 1.77. The maximum atomic E-state index is 12.6. The molecule has 2 aromatic rings. The number of rotatable bonds is 2. The van der Waals surface area contributed by atoms with Gasteiger partial charge in [-0.15, -0.1) is 0 Å². The molecule has 0 aliphatic carbocycles. The predicted molar refractivity (Wildman–Crippen MR) is 77.0 cm³/mol. The summed E-state index contributed by atoms with van der Waals surface area (Å²) >= 11 is 0. The number of hydrogen-bond donors (Lipinski definition) is 0. The molecule has 1 fully saturated rings. The van der Waals surface area contributed by atoms with Crippen LogP contribution < -0.4 is 0 Å². The zero-order valence-corrected chi connectivity index (χ0v) is 12.2. The second kappa shape index (κ2) is 5.69. The number of aryl methyl sites for hydroxylation is 2. The van der Waals surface area contributed by atoms with Crippen LogP contribution in [-0.4, -0.2) is 35.5 Å². The van der Waals surface area contributed by atoms with Gasteiger partial charge in [0.05, 0.1) is 18.7 Å². The van der Waals surface area contributed by atoms with Crippen LogP contribution in [0.1, 0.15) is 33.5 Å². The Kier molecular flexibility index (Phi) is 3.75. The third-order valence-corrected chi connectivity index (χ3v) is 3.68. The molecule has 110 valence electrons. The van der Waals surface area contributed by atoms with Crippen molar-refractivity contribution < 1.29 is 13.9 Å². The van der Waals surface area contributed by atoms with E-state index in [0.717, 1.165) is 11.3 Å². The summed E-state index contributed by atoms with van der Waals surface area (Å²) in [5, 5.41) is 0. The molecule has 3 rings (SSSR count). The Morgan fingerprint density at radius 3 is 2.95 bits per heavy atom. The van der Waals surface area contributed by atoms with E-state index in [4.69, 9.17) is 9.15 Å². The average Bonchev–Trinajstić information content (AvgIpc) is 2.86. The number of pyridine rings is 1. The van der Waals surface area contributed by atoms with Crippen molar-refractivity contribution in [2.24, 2.45) is 0 Å². The van der Waals surface area contributed by atoms with Crippen molar-refractivity contribution in [3.63, 3.8) is 0 Å². The first kappa shape index (κ1) is 13.8. The van der Waals surface area contributed by atoms with Gasteiger partial charge in [0.25, 0.3) is 5.91 Å². The number of furan rings is 1. The van der Waals surface area contributed by atoms with Gasteiger partial charge in [0.15, 0.2) is 0 Å². The molecule has 0 radical (unpaired) electrons. The second-order valence-electron chi connectivity index (χ2n) is 5.22. The zero-order valence-electron chi connectivity index (χ0n) is 12.2. The van der Waals surface area contributed by atoms with Gasteiger partial charge in [-0.2, -0.15) is 0 Å². The lowest BCUT2D eigenvalue weighted by molar-refractivity contribution is -0.0230. The van der Waals surface area contributed by atoms with Gasteiger partial charge in [0, 0.05) is 24.5 Å². The molecule has 1 saturated heterocycles. The monoisotopic (exact) mass is 286 g/mol. The molecule has 0 saturated carbocycles. The minimum atomic E-state index is -0.121. The summed E-state index contributed by atoms with van der Waals surface area (Å²) in [6, 6.07) is 5.65. The normalized spacial score (nSPS) is 18.8. The van der Waals surface area contributed by atoms with Crippen molar-refractivity contribution in [2.75, 3.05) is 19.7 Å². The third-order valence-electron chi connectivity index (χ3n) is 3.68. The van der Waals surface area contributed by atoms with Gasteiger partial charge < -0.3 is 14.1 Å². The lowest BCUT2D eigenvalue weighted by Gasteiger charge is -2.33. The lowest BCUT2D eigenvalue weighted by atomic mass is 10.1. The molecule has 21 heavy (non-hydrogen) atoms. The molecule has 1 atom stereocenters. The highest BCUT2D eigenvalue weighted by atomic mass is 16.5. The largest absolute Gasteiger partial charge is 0.466 e. The molecule has 1 aliphatic heterocycles. The highest BCUT2D eigenvalue weighted by Crippen LogP contribution is 2.24. The number of carbonyl (C=O) groups excluding carboxylic acids is 1. The highest BCUT2D eigenvalue weighted by molar-refractivity contribution is 5.95. The Morgan fingerprint density at radius 2 is 2.29 bits per heavy atom. The van der Waals surface area contributed by atoms with Crippen LogP contribution in [0.3, 0.4) is 0 Å². The van der Waals surface area contributed by atoms with Crippen molar-refractivity contribution in [3.8, 4) is 0 Å². The van der Waals surface area contributed by atoms with E-state index in [0.29, 0.717) is 31.0 Å². The molecule has 2 aromatic heterocycles. The Hall–Kier alpha value is -2.14.